The number of allylic oxidation sites excluding steroid dienone is 2. The lowest BCUT2D eigenvalue weighted by Gasteiger charge is -2.29. The van der Waals surface area contributed by atoms with Gasteiger partial charge in [0.05, 0.1) is 26.4 Å². The molecule has 0 saturated carbocycles. The Bertz CT molecular complexity index is 704. The first-order valence-electron chi connectivity index (χ1n) is 20.8. The van der Waals surface area contributed by atoms with Gasteiger partial charge in [0.2, 0.25) is 12.6 Å². The average Bonchev–Trinajstić information content (AvgIpc) is 3.11. The van der Waals surface area contributed by atoms with E-state index in [1.165, 1.54) is 77.0 Å². The van der Waals surface area contributed by atoms with Crippen LogP contribution in [0.2, 0.25) is 0 Å². The summed E-state index contributed by atoms with van der Waals surface area (Å²) in [6, 6.07) is 0. The van der Waals surface area contributed by atoms with Crippen LogP contribution in [0.4, 0.5) is 0 Å². The molecule has 7 heteroatoms. The Kier molecular flexibility index (Phi) is 35.3. The van der Waals surface area contributed by atoms with E-state index in [-0.39, 0.29) is 0 Å². The Balaban J connectivity index is 6.40. The van der Waals surface area contributed by atoms with Gasteiger partial charge < -0.3 is 33.2 Å². The number of methoxy groups -OCH3 is 2. The smallest absolute Gasteiger partial charge is 0.222 e. The number of hydrogen-bond donors (Lipinski definition) is 0. The van der Waals surface area contributed by atoms with Crippen molar-refractivity contribution < 1.29 is 33.2 Å². The van der Waals surface area contributed by atoms with E-state index in [1.807, 2.05) is 0 Å². The predicted octanol–water partition coefficient (Wildman–Crippen LogP) is 12.9. The zero-order valence-electron chi connectivity index (χ0n) is 33.8. The Morgan fingerprint density at radius 1 is 0.347 bits per heavy atom. The van der Waals surface area contributed by atoms with Crippen molar-refractivity contribution in [1.82, 2.24) is 0 Å². The molecule has 0 saturated heterocycles. The van der Waals surface area contributed by atoms with E-state index in [1.54, 1.807) is 14.2 Å². The van der Waals surface area contributed by atoms with Gasteiger partial charge in [0, 0.05) is 27.1 Å². The van der Waals surface area contributed by atoms with Gasteiger partial charge in [-0.3, -0.25) is 0 Å². The lowest BCUT2D eigenvalue weighted by molar-refractivity contribution is -0.227. The summed E-state index contributed by atoms with van der Waals surface area (Å²) in [7, 11) is 3.33. The SMILES string of the molecule is CCCCCCCCCC(OCCCC)=C(OCCCC)C(OC)OC(OC)C(OCCCC)=C(CCCCCCCCC)OCCCC. The third-order valence-electron chi connectivity index (χ3n) is 8.73. The van der Waals surface area contributed by atoms with Crippen molar-refractivity contribution in [2.45, 2.75) is 208 Å². The molecule has 2 atom stereocenters. The second-order valence-corrected chi connectivity index (χ2v) is 13.4. The van der Waals surface area contributed by atoms with Crippen molar-refractivity contribution in [3.05, 3.63) is 23.0 Å². The van der Waals surface area contributed by atoms with Gasteiger partial charge in [-0.05, 0) is 38.5 Å². The molecule has 49 heavy (non-hydrogen) atoms. The topological polar surface area (TPSA) is 64.6 Å². The van der Waals surface area contributed by atoms with Gasteiger partial charge in [0.15, 0.2) is 11.5 Å². The highest BCUT2D eigenvalue weighted by atomic mass is 16.8. The summed E-state index contributed by atoms with van der Waals surface area (Å²) in [5, 5.41) is 0. The maximum atomic E-state index is 6.68. The van der Waals surface area contributed by atoms with Crippen molar-refractivity contribution in [3.63, 3.8) is 0 Å². The fourth-order valence-corrected chi connectivity index (χ4v) is 5.47. The Morgan fingerprint density at radius 2 is 0.633 bits per heavy atom. The molecule has 0 radical (unpaired) electrons. The van der Waals surface area contributed by atoms with Crippen molar-refractivity contribution in [2.24, 2.45) is 0 Å². The third kappa shape index (κ3) is 25.2. The Hall–Kier alpha value is -1.44. The fraction of sp³-hybridized carbons (Fsp3) is 0.905. The number of hydrogen-bond acceptors (Lipinski definition) is 7. The molecular formula is C42H82O7. The first-order chi connectivity index (χ1) is 24.1. The van der Waals surface area contributed by atoms with Gasteiger partial charge in [-0.2, -0.15) is 0 Å². The average molecular weight is 699 g/mol. The molecule has 0 fully saturated rings. The summed E-state index contributed by atoms with van der Waals surface area (Å²) in [6.45, 7) is 15.7. The van der Waals surface area contributed by atoms with E-state index in [2.05, 4.69) is 41.5 Å². The van der Waals surface area contributed by atoms with Crippen molar-refractivity contribution in [2.75, 3.05) is 40.6 Å². The lowest BCUT2D eigenvalue weighted by Crippen LogP contribution is -2.32. The fourth-order valence-electron chi connectivity index (χ4n) is 5.47. The molecular weight excluding hydrogens is 616 g/mol. The van der Waals surface area contributed by atoms with Crippen molar-refractivity contribution in [1.29, 1.82) is 0 Å². The molecule has 2 unspecified atom stereocenters. The highest BCUT2D eigenvalue weighted by Crippen LogP contribution is 2.28. The molecule has 7 nitrogen and oxygen atoms in total. The van der Waals surface area contributed by atoms with E-state index in [4.69, 9.17) is 33.2 Å². The van der Waals surface area contributed by atoms with E-state index in [0.29, 0.717) is 37.9 Å². The van der Waals surface area contributed by atoms with Crippen LogP contribution in [0.25, 0.3) is 0 Å². The molecule has 0 aliphatic rings. The molecule has 0 aromatic rings. The van der Waals surface area contributed by atoms with Crippen LogP contribution < -0.4 is 0 Å². The minimum atomic E-state index is -0.816. The summed E-state index contributed by atoms with van der Waals surface area (Å²) in [6.07, 6.45) is 25.3. The molecule has 0 aliphatic carbocycles. The highest BCUT2D eigenvalue weighted by Gasteiger charge is 2.31. The summed E-state index contributed by atoms with van der Waals surface area (Å²) in [5.41, 5.74) is 0. The van der Waals surface area contributed by atoms with Crippen LogP contribution >= 0.6 is 0 Å². The second-order valence-electron chi connectivity index (χ2n) is 13.4. The molecule has 0 aromatic heterocycles. The maximum absolute atomic E-state index is 6.68. The van der Waals surface area contributed by atoms with Crippen LogP contribution in [0.5, 0.6) is 0 Å². The first kappa shape index (κ1) is 47.6. The number of unbranched alkanes of at least 4 members (excludes halogenated alkanes) is 16. The maximum Gasteiger partial charge on any atom is 0.222 e. The van der Waals surface area contributed by atoms with Crippen molar-refractivity contribution in [3.8, 4) is 0 Å². The molecule has 0 bridgehead atoms. The van der Waals surface area contributed by atoms with Crippen LogP contribution in [-0.2, 0) is 33.2 Å². The van der Waals surface area contributed by atoms with Crippen LogP contribution in [0.1, 0.15) is 196 Å². The van der Waals surface area contributed by atoms with Crippen LogP contribution in [0.15, 0.2) is 23.0 Å². The van der Waals surface area contributed by atoms with Crippen LogP contribution in [-0.4, -0.2) is 53.2 Å². The summed E-state index contributed by atoms with van der Waals surface area (Å²) < 4.78 is 44.7. The van der Waals surface area contributed by atoms with Gasteiger partial charge in [0.25, 0.3) is 0 Å². The predicted molar refractivity (Wildman–Crippen MR) is 205 cm³/mol. The quantitative estimate of drug-likeness (QED) is 0.0361. The number of ether oxygens (including phenoxy) is 7. The molecule has 0 aliphatic heterocycles. The van der Waals surface area contributed by atoms with Crippen LogP contribution in [0, 0.1) is 0 Å². The highest BCUT2D eigenvalue weighted by molar-refractivity contribution is 5.09. The van der Waals surface area contributed by atoms with Crippen LogP contribution in [0.3, 0.4) is 0 Å². The zero-order chi connectivity index (χ0) is 36.2. The summed E-state index contributed by atoms with van der Waals surface area (Å²) >= 11 is 0. The van der Waals surface area contributed by atoms with Gasteiger partial charge in [-0.1, -0.05) is 144 Å². The minimum Gasteiger partial charge on any atom is -0.494 e. The summed E-state index contributed by atoms with van der Waals surface area (Å²) in [4.78, 5) is 0. The largest absolute Gasteiger partial charge is 0.494 e. The second kappa shape index (κ2) is 36.4. The van der Waals surface area contributed by atoms with E-state index in [0.717, 1.165) is 88.6 Å². The van der Waals surface area contributed by atoms with Gasteiger partial charge in [-0.25, -0.2) is 0 Å². The molecule has 0 rings (SSSR count). The standard InChI is InChI=1S/C42H82O7/c1-9-15-21-23-25-27-29-31-37(45-33-17-11-3)39(47-35-19-13-5)41(43-7)49-42(44-8)40(48-36-20-14-6)38(46-34-18-12-4)32-30-28-26-24-22-16-10-2/h41-42H,9-36H2,1-8H3. The van der Waals surface area contributed by atoms with Gasteiger partial charge >= 0.3 is 0 Å². The Labute approximate surface area is 304 Å². The molecule has 0 amide bonds. The summed E-state index contributed by atoms with van der Waals surface area (Å²) in [5.74, 6) is 2.90. The van der Waals surface area contributed by atoms with Gasteiger partial charge in [0.1, 0.15) is 11.5 Å². The minimum absolute atomic E-state index is 0.573. The molecule has 0 aromatic carbocycles. The third-order valence-corrected chi connectivity index (χ3v) is 8.73. The normalized spacial score (nSPS) is 13.9. The van der Waals surface area contributed by atoms with E-state index in [9.17, 15) is 0 Å². The molecule has 0 heterocycles. The first-order valence-corrected chi connectivity index (χ1v) is 20.8. The zero-order valence-corrected chi connectivity index (χ0v) is 33.8. The van der Waals surface area contributed by atoms with E-state index >= 15 is 0 Å². The Morgan fingerprint density at radius 3 is 0.939 bits per heavy atom. The molecule has 292 valence electrons. The monoisotopic (exact) mass is 699 g/mol. The number of rotatable bonds is 38. The van der Waals surface area contributed by atoms with Gasteiger partial charge in [-0.15, -0.1) is 0 Å². The molecule has 0 spiro atoms. The van der Waals surface area contributed by atoms with Crippen molar-refractivity contribution >= 4 is 0 Å². The lowest BCUT2D eigenvalue weighted by atomic mass is 10.1. The molecule has 0 N–H and O–H groups in total. The van der Waals surface area contributed by atoms with E-state index < -0.39 is 12.6 Å².